The number of amidine groups is 1. The fraction of sp³-hybridized carbons (Fsp3) is 0.920. The lowest BCUT2D eigenvalue weighted by Gasteiger charge is -2.61. The maximum Gasteiger partial charge on any atom is 0.157 e. The molecule has 0 aromatic heterocycles. The van der Waals surface area contributed by atoms with Crippen molar-refractivity contribution in [1.29, 1.82) is 0 Å². The van der Waals surface area contributed by atoms with E-state index in [-0.39, 0.29) is 31.1 Å². The fourth-order valence-corrected chi connectivity index (χ4v) is 8.47. The highest BCUT2D eigenvalue weighted by Gasteiger charge is 2.60. The van der Waals surface area contributed by atoms with E-state index in [4.69, 9.17) is 11.7 Å². The highest BCUT2D eigenvalue weighted by atomic mass is 16.1. The van der Waals surface area contributed by atoms with E-state index in [1.165, 1.54) is 56.4 Å². The summed E-state index contributed by atoms with van der Waals surface area (Å²) < 4.78 is 0. The van der Waals surface area contributed by atoms with Crippen LogP contribution >= 0.6 is 0 Å². The number of fused-ring (bicyclic) bond motifs is 5. The summed E-state index contributed by atoms with van der Waals surface area (Å²) in [6, 6.07) is 0. The first-order valence-electron chi connectivity index (χ1n) is 12.0. The second-order valence-electron chi connectivity index (χ2n) is 11.5. The summed E-state index contributed by atoms with van der Waals surface area (Å²) in [7, 11) is 0. The zero-order valence-electron chi connectivity index (χ0n) is 19.0. The molecule has 172 valence electrons. The molecular weight excluding hydrogens is 372 g/mol. The smallest absolute Gasteiger partial charge is 0.157 e. The van der Waals surface area contributed by atoms with E-state index >= 15 is 0 Å². The van der Waals surface area contributed by atoms with Crippen molar-refractivity contribution in [1.82, 2.24) is 5.01 Å². The average molecular weight is 419 g/mol. The van der Waals surface area contributed by atoms with Gasteiger partial charge in [0.1, 0.15) is 5.84 Å². The Morgan fingerprint density at radius 1 is 1.03 bits per heavy atom. The number of hydrazine groups is 1. The van der Waals surface area contributed by atoms with Crippen LogP contribution in [0.25, 0.3) is 0 Å². The highest BCUT2D eigenvalue weighted by molar-refractivity contribution is 5.89. The van der Waals surface area contributed by atoms with Crippen LogP contribution in [0.1, 0.15) is 92.9 Å². The van der Waals surface area contributed by atoms with E-state index in [0.29, 0.717) is 17.2 Å². The summed E-state index contributed by atoms with van der Waals surface area (Å²) in [4.78, 5) is 13.2. The van der Waals surface area contributed by atoms with Gasteiger partial charge in [-0.25, -0.2) is 5.84 Å². The molecule has 0 aromatic rings. The number of hydrazone groups is 1. The van der Waals surface area contributed by atoms with Gasteiger partial charge >= 0.3 is 0 Å². The SMILES string of the molecule is C.C/C(=N/N)N(N)CC(=O)C1CCC2C3CCC4CC(C)CCC4(C)C3CCC12C. The van der Waals surface area contributed by atoms with E-state index < -0.39 is 0 Å². The van der Waals surface area contributed by atoms with Gasteiger partial charge in [-0.2, -0.15) is 5.10 Å². The molecule has 0 spiro atoms. The van der Waals surface area contributed by atoms with Crippen molar-refractivity contribution in [3.63, 3.8) is 0 Å². The van der Waals surface area contributed by atoms with Gasteiger partial charge in [-0.3, -0.25) is 9.80 Å². The Morgan fingerprint density at radius 2 is 1.70 bits per heavy atom. The molecule has 5 heteroatoms. The molecule has 4 aliphatic carbocycles. The first-order valence-corrected chi connectivity index (χ1v) is 12.0. The number of nitrogens with two attached hydrogens (primary N) is 2. The Balaban J connectivity index is 0.00000256. The lowest BCUT2D eigenvalue weighted by Crippen LogP contribution is -2.54. The van der Waals surface area contributed by atoms with Crippen LogP contribution in [-0.4, -0.2) is 23.2 Å². The molecule has 4 N–H and O–H groups in total. The molecule has 4 aliphatic rings. The van der Waals surface area contributed by atoms with Crippen LogP contribution in [0.3, 0.4) is 0 Å². The lowest BCUT2D eigenvalue weighted by atomic mass is 9.44. The molecule has 0 saturated heterocycles. The van der Waals surface area contributed by atoms with Gasteiger partial charge in [0.25, 0.3) is 0 Å². The number of ketones is 1. The van der Waals surface area contributed by atoms with Crippen LogP contribution in [0, 0.1) is 46.3 Å². The number of hydrogen-bond acceptors (Lipinski definition) is 4. The van der Waals surface area contributed by atoms with Gasteiger partial charge in [-0.15, -0.1) is 0 Å². The molecule has 4 saturated carbocycles. The van der Waals surface area contributed by atoms with Gasteiger partial charge in [0, 0.05) is 5.92 Å². The summed E-state index contributed by atoms with van der Waals surface area (Å²) >= 11 is 0. The van der Waals surface area contributed by atoms with E-state index in [2.05, 4.69) is 25.9 Å². The molecule has 8 atom stereocenters. The summed E-state index contributed by atoms with van der Waals surface area (Å²) in [6.07, 6.45) is 11.9. The molecule has 8 unspecified atom stereocenters. The molecule has 5 nitrogen and oxygen atoms in total. The van der Waals surface area contributed by atoms with E-state index in [1.54, 1.807) is 6.92 Å². The van der Waals surface area contributed by atoms with Gasteiger partial charge in [0.05, 0.1) is 6.54 Å². The standard InChI is InChI=1S/C24H42N4O.CH4/c1-15-9-11-23(3)17(13-15)5-6-18-19-7-8-21(24(19,4)12-10-20(18)23)22(29)14-28(26)16(2)27-25;/h15,17-21H,5-14,25-26H2,1-4H3;1H4/b27-16-;. The zero-order valence-corrected chi connectivity index (χ0v) is 19.0. The van der Waals surface area contributed by atoms with Crippen LogP contribution in [0.15, 0.2) is 5.10 Å². The summed E-state index contributed by atoms with van der Waals surface area (Å²) in [6.45, 7) is 9.48. The van der Waals surface area contributed by atoms with Gasteiger partial charge in [-0.05, 0) is 98.7 Å². The molecular formula is C25H46N4O. The number of nitrogens with zero attached hydrogens (tertiary/aromatic N) is 2. The third kappa shape index (κ3) is 3.59. The van der Waals surface area contributed by atoms with Crippen molar-refractivity contribution in [3.05, 3.63) is 0 Å². The second kappa shape index (κ2) is 8.44. The Morgan fingerprint density at radius 3 is 2.40 bits per heavy atom. The number of hydrogen-bond donors (Lipinski definition) is 2. The van der Waals surface area contributed by atoms with Crippen LogP contribution < -0.4 is 11.7 Å². The van der Waals surface area contributed by atoms with Gasteiger partial charge in [0.2, 0.25) is 0 Å². The van der Waals surface area contributed by atoms with Crippen molar-refractivity contribution in [2.24, 2.45) is 63.1 Å². The largest absolute Gasteiger partial charge is 0.322 e. The van der Waals surface area contributed by atoms with Crippen molar-refractivity contribution in [3.8, 4) is 0 Å². The van der Waals surface area contributed by atoms with Crippen LogP contribution in [0.5, 0.6) is 0 Å². The number of Topliss-reactive ketones (excluding diaryl/α,β-unsaturated/α-hetero) is 1. The third-order valence-corrected chi connectivity index (χ3v) is 10.2. The van der Waals surface area contributed by atoms with E-state index in [0.717, 1.165) is 30.1 Å². The lowest BCUT2D eigenvalue weighted by molar-refractivity contribution is -0.137. The Kier molecular flexibility index (Phi) is 6.63. The molecule has 4 fully saturated rings. The van der Waals surface area contributed by atoms with Crippen molar-refractivity contribution in [2.75, 3.05) is 6.54 Å². The molecule has 4 rings (SSSR count). The molecule has 0 amide bonds. The van der Waals surface area contributed by atoms with Crippen molar-refractivity contribution >= 4 is 11.6 Å². The maximum atomic E-state index is 13.2. The number of carbonyl (C=O) groups excluding carboxylic acids is 1. The fourth-order valence-electron chi connectivity index (χ4n) is 8.47. The van der Waals surface area contributed by atoms with Gasteiger partial charge in [0.15, 0.2) is 5.78 Å². The summed E-state index contributed by atoms with van der Waals surface area (Å²) in [5.41, 5.74) is 0.694. The van der Waals surface area contributed by atoms with E-state index in [9.17, 15) is 4.79 Å². The quantitative estimate of drug-likeness (QED) is 0.294. The number of rotatable bonds is 3. The van der Waals surface area contributed by atoms with Crippen molar-refractivity contribution in [2.45, 2.75) is 92.9 Å². The summed E-state index contributed by atoms with van der Waals surface area (Å²) in [5, 5.41) is 5.05. The van der Waals surface area contributed by atoms with Gasteiger partial charge in [-0.1, -0.05) is 34.6 Å². The number of carbonyl (C=O) groups is 1. The molecule has 0 heterocycles. The molecule has 0 bridgehead atoms. The minimum Gasteiger partial charge on any atom is -0.322 e. The Bertz CT molecular complexity index is 678. The van der Waals surface area contributed by atoms with Crippen molar-refractivity contribution < 1.29 is 4.79 Å². The Labute approximate surface area is 184 Å². The minimum absolute atomic E-state index is 0. The Hall–Kier alpha value is -1.10. The summed E-state index contributed by atoms with van der Waals surface area (Å²) in [5.74, 6) is 16.5. The zero-order chi connectivity index (χ0) is 21.0. The highest BCUT2D eigenvalue weighted by Crippen LogP contribution is 2.67. The predicted molar refractivity (Wildman–Crippen MR) is 124 cm³/mol. The first-order chi connectivity index (χ1) is 13.7. The molecule has 30 heavy (non-hydrogen) atoms. The van der Waals surface area contributed by atoms with Crippen LogP contribution in [0.2, 0.25) is 0 Å². The van der Waals surface area contributed by atoms with Crippen LogP contribution in [0.4, 0.5) is 0 Å². The van der Waals surface area contributed by atoms with E-state index in [1.807, 2.05) is 0 Å². The monoisotopic (exact) mass is 418 g/mol. The normalized spacial score (nSPS) is 45.6. The van der Waals surface area contributed by atoms with Gasteiger partial charge < -0.3 is 5.84 Å². The maximum absolute atomic E-state index is 13.2. The molecule has 0 aliphatic heterocycles. The molecule has 0 radical (unpaired) electrons. The topological polar surface area (TPSA) is 84.7 Å². The first kappa shape index (κ1) is 23.6. The second-order valence-corrected chi connectivity index (χ2v) is 11.5. The average Bonchev–Trinajstić information content (AvgIpc) is 3.05. The minimum atomic E-state index is 0. The van der Waals surface area contributed by atoms with Crippen LogP contribution in [-0.2, 0) is 4.79 Å². The molecule has 0 aromatic carbocycles. The third-order valence-electron chi connectivity index (χ3n) is 10.2. The predicted octanol–water partition coefficient (Wildman–Crippen LogP) is 4.95.